The molecule has 2 aromatic rings. The fraction of sp³-hybridized carbons (Fsp3) is 0.211. The molecule has 0 amide bonds. The summed E-state index contributed by atoms with van der Waals surface area (Å²) >= 11 is 4.55. The molecular formula is C19H17FN4O2S. The molecule has 2 aliphatic heterocycles. The molecular weight excluding hydrogens is 367 g/mol. The van der Waals surface area contributed by atoms with Crippen molar-refractivity contribution in [2.75, 3.05) is 4.90 Å². The van der Waals surface area contributed by atoms with Crippen molar-refractivity contribution in [2.45, 2.75) is 24.4 Å². The van der Waals surface area contributed by atoms with Gasteiger partial charge in [-0.05, 0) is 36.8 Å². The summed E-state index contributed by atoms with van der Waals surface area (Å²) < 4.78 is 13.4. The maximum absolute atomic E-state index is 13.4. The van der Waals surface area contributed by atoms with Crippen LogP contribution >= 0.6 is 12.6 Å². The summed E-state index contributed by atoms with van der Waals surface area (Å²) in [6.07, 6.45) is 0.261. The lowest BCUT2D eigenvalue weighted by Crippen LogP contribution is -2.40. The Labute approximate surface area is 160 Å². The van der Waals surface area contributed by atoms with Crippen LogP contribution in [0.4, 0.5) is 10.1 Å². The van der Waals surface area contributed by atoms with Gasteiger partial charge in [-0.3, -0.25) is 20.1 Å². The quantitative estimate of drug-likeness (QED) is 0.709. The van der Waals surface area contributed by atoms with Crippen molar-refractivity contribution < 1.29 is 14.3 Å². The first kappa shape index (κ1) is 17.5. The SMILES string of the molecule is O=C(O)CC[C@@H]1N=C(c2ccc(F)cc2)c2ccccc2N2C1=NN[C@H]2S. The van der Waals surface area contributed by atoms with Crippen LogP contribution in [0.2, 0.25) is 0 Å². The zero-order valence-electron chi connectivity index (χ0n) is 14.2. The zero-order chi connectivity index (χ0) is 19.0. The van der Waals surface area contributed by atoms with Gasteiger partial charge in [-0.15, -0.1) is 12.6 Å². The van der Waals surface area contributed by atoms with E-state index in [1.54, 1.807) is 12.1 Å². The van der Waals surface area contributed by atoms with Gasteiger partial charge in [-0.25, -0.2) is 4.39 Å². The Balaban J connectivity index is 1.88. The molecule has 2 heterocycles. The van der Waals surface area contributed by atoms with Gasteiger partial charge in [0.25, 0.3) is 0 Å². The second-order valence-electron chi connectivity index (χ2n) is 6.29. The van der Waals surface area contributed by atoms with Crippen LogP contribution in [0.15, 0.2) is 58.6 Å². The van der Waals surface area contributed by atoms with Gasteiger partial charge in [0.1, 0.15) is 11.9 Å². The molecule has 2 aliphatic rings. The van der Waals surface area contributed by atoms with Crippen LogP contribution in [0.1, 0.15) is 24.0 Å². The molecule has 0 saturated heterocycles. The molecule has 0 spiro atoms. The number of hydrogen-bond donors (Lipinski definition) is 3. The van der Waals surface area contributed by atoms with Crippen LogP contribution in [-0.2, 0) is 4.79 Å². The fourth-order valence-corrected chi connectivity index (χ4v) is 3.61. The summed E-state index contributed by atoms with van der Waals surface area (Å²) in [5.41, 5.74) is 5.70. The van der Waals surface area contributed by atoms with Crippen molar-refractivity contribution in [3.63, 3.8) is 0 Å². The molecule has 138 valence electrons. The van der Waals surface area contributed by atoms with Gasteiger partial charge in [0.2, 0.25) is 0 Å². The summed E-state index contributed by atoms with van der Waals surface area (Å²) in [5.74, 6) is -0.593. The van der Waals surface area contributed by atoms with Crippen LogP contribution in [0, 0.1) is 5.82 Å². The Kier molecular flexibility index (Phi) is 4.57. The third-order valence-corrected chi connectivity index (χ3v) is 4.88. The highest BCUT2D eigenvalue weighted by atomic mass is 32.1. The smallest absolute Gasteiger partial charge is 0.303 e. The molecule has 2 atom stereocenters. The standard InChI is InChI=1S/C19H17FN4O2S/c20-12-7-5-11(6-8-12)17-13-3-1-2-4-15(13)24-18(22-23-19(24)27)14(21-17)9-10-16(25)26/h1-8,14,19,23,27H,9-10H2,(H,25,26)/t14-,19+/m0/s1. The summed E-state index contributed by atoms with van der Waals surface area (Å²) in [4.78, 5) is 17.9. The van der Waals surface area contributed by atoms with Gasteiger partial charge >= 0.3 is 5.97 Å². The summed E-state index contributed by atoms with van der Waals surface area (Å²) in [5, 5.41) is 13.5. The zero-order valence-corrected chi connectivity index (χ0v) is 15.1. The normalized spacial score (nSPS) is 20.7. The summed E-state index contributed by atoms with van der Waals surface area (Å²) in [6.45, 7) is 0. The molecule has 6 nitrogen and oxygen atoms in total. The molecule has 8 heteroatoms. The Morgan fingerprint density at radius 2 is 1.96 bits per heavy atom. The number of hydrazone groups is 1. The fourth-order valence-electron chi connectivity index (χ4n) is 3.31. The highest BCUT2D eigenvalue weighted by Gasteiger charge is 2.36. The van der Waals surface area contributed by atoms with Crippen LogP contribution in [0.3, 0.4) is 0 Å². The van der Waals surface area contributed by atoms with Gasteiger partial charge in [-0.2, -0.15) is 5.10 Å². The lowest BCUT2D eigenvalue weighted by atomic mass is 10.00. The average molecular weight is 384 g/mol. The second kappa shape index (κ2) is 7.03. The molecule has 2 N–H and O–H groups in total. The van der Waals surface area contributed by atoms with Crippen LogP contribution in [0.25, 0.3) is 0 Å². The number of aliphatic imine (C=N–C) groups is 1. The number of fused-ring (bicyclic) bond motifs is 3. The van der Waals surface area contributed by atoms with Crippen molar-refractivity contribution in [3.8, 4) is 0 Å². The summed E-state index contributed by atoms with van der Waals surface area (Å²) in [7, 11) is 0. The Morgan fingerprint density at radius 1 is 1.22 bits per heavy atom. The minimum Gasteiger partial charge on any atom is -0.481 e. The number of anilines is 1. The van der Waals surface area contributed by atoms with Crippen molar-refractivity contribution >= 4 is 35.8 Å². The third-order valence-electron chi connectivity index (χ3n) is 4.54. The van der Waals surface area contributed by atoms with Crippen molar-refractivity contribution in [3.05, 3.63) is 65.5 Å². The van der Waals surface area contributed by atoms with E-state index in [4.69, 9.17) is 10.1 Å². The first-order valence-electron chi connectivity index (χ1n) is 8.50. The van der Waals surface area contributed by atoms with Gasteiger partial charge < -0.3 is 5.11 Å². The molecule has 4 rings (SSSR count). The van der Waals surface area contributed by atoms with Gasteiger partial charge in [-0.1, -0.05) is 18.2 Å². The van der Waals surface area contributed by atoms with E-state index >= 15 is 0 Å². The first-order chi connectivity index (χ1) is 13.0. The second-order valence-corrected chi connectivity index (χ2v) is 6.78. The Bertz CT molecular complexity index is 945. The lowest BCUT2D eigenvalue weighted by molar-refractivity contribution is -0.137. The lowest BCUT2D eigenvalue weighted by Gasteiger charge is -2.26. The number of carboxylic acid groups (broad SMARTS) is 1. The topological polar surface area (TPSA) is 77.3 Å². The van der Waals surface area contributed by atoms with Crippen LogP contribution in [0.5, 0.6) is 0 Å². The van der Waals surface area contributed by atoms with Gasteiger partial charge in [0.05, 0.1) is 11.4 Å². The van der Waals surface area contributed by atoms with Crippen LogP contribution < -0.4 is 10.3 Å². The van der Waals surface area contributed by atoms with E-state index in [1.165, 1.54) is 12.1 Å². The third kappa shape index (κ3) is 3.28. The number of rotatable bonds is 4. The number of hydrogen-bond acceptors (Lipinski definition) is 6. The molecule has 0 bridgehead atoms. The highest BCUT2D eigenvalue weighted by molar-refractivity contribution is 7.81. The minimum atomic E-state index is -0.893. The number of thiol groups is 1. The van der Waals surface area contributed by atoms with E-state index in [0.29, 0.717) is 18.0 Å². The maximum atomic E-state index is 13.4. The highest BCUT2D eigenvalue weighted by Crippen LogP contribution is 2.33. The minimum absolute atomic E-state index is 0.0364. The van der Waals surface area contributed by atoms with E-state index in [1.807, 2.05) is 29.2 Å². The van der Waals surface area contributed by atoms with Crippen LogP contribution in [-0.4, -0.2) is 34.2 Å². The Morgan fingerprint density at radius 3 is 2.70 bits per heavy atom. The number of amidine groups is 1. The summed E-state index contributed by atoms with van der Waals surface area (Å²) in [6, 6.07) is 13.4. The average Bonchev–Trinajstić information content (AvgIpc) is 2.97. The molecule has 0 radical (unpaired) electrons. The molecule has 0 fully saturated rings. The van der Waals surface area contributed by atoms with Crippen molar-refractivity contribution in [2.24, 2.45) is 10.1 Å². The number of aliphatic carboxylic acids is 1. The number of carboxylic acids is 1. The molecule has 27 heavy (non-hydrogen) atoms. The van der Waals surface area contributed by atoms with E-state index in [2.05, 4.69) is 23.2 Å². The number of carbonyl (C=O) groups is 1. The predicted octanol–water partition coefficient (Wildman–Crippen LogP) is 2.85. The number of nitrogens with one attached hydrogen (secondary N) is 1. The molecule has 0 aliphatic carbocycles. The monoisotopic (exact) mass is 384 g/mol. The Hall–Kier alpha value is -2.87. The first-order valence-corrected chi connectivity index (χ1v) is 9.01. The molecule has 0 unspecified atom stereocenters. The largest absolute Gasteiger partial charge is 0.481 e. The van der Waals surface area contributed by atoms with Crippen molar-refractivity contribution in [1.82, 2.24) is 5.43 Å². The molecule has 2 aromatic carbocycles. The van der Waals surface area contributed by atoms with E-state index in [9.17, 15) is 9.18 Å². The van der Waals surface area contributed by atoms with Crippen molar-refractivity contribution in [1.29, 1.82) is 0 Å². The molecule has 0 aromatic heterocycles. The maximum Gasteiger partial charge on any atom is 0.303 e. The molecule has 0 saturated carbocycles. The van der Waals surface area contributed by atoms with E-state index in [0.717, 1.165) is 16.8 Å². The number of nitrogens with zero attached hydrogens (tertiary/aromatic N) is 3. The predicted molar refractivity (Wildman–Crippen MR) is 105 cm³/mol. The number of benzene rings is 2. The van der Waals surface area contributed by atoms with Gasteiger partial charge in [0.15, 0.2) is 11.3 Å². The van der Waals surface area contributed by atoms with Gasteiger partial charge in [0, 0.05) is 17.5 Å². The van der Waals surface area contributed by atoms with E-state index < -0.39 is 12.0 Å². The number of para-hydroxylation sites is 1. The van der Waals surface area contributed by atoms with E-state index in [-0.39, 0.29) is 17.7 Å². The number of halogens is 1.